The van der Waals surface area contributed by atoms with E-state index in [0.717, 1.165) is 9.13 Å². The molecule has 0 atom stereocenters. The van der Waals surface area contributed by atoms with Gasteiger partial charge < -0.3 is 10.6 Å². The van der Waals surface area contributed by atoms with E-state index in [1.165, 1.54) is 11.0 Å². The second kappa shape index (κ2) is 13.4. The van der Waals surface area contributed by atoms with E-state index in [2.05, 4.69) is 30.8 Å². The summed E-state index contributed by atoms with van der Waals surface area (Å²) in [6.45, 7) is 3.01. The van der Waals surface area contributed by atoms with E-state index < -0.39 is 46.8 Å². The molecule has 252 valence electrons. The number of aromatic nitrogens is 8. The number of carbonyl (C=O) groups is 1. The van der Waals surface area contributed by atoms with Crippen LogP contribution in [0.25, 0.3) is 10.9 Å². The Kier molecular flexibility index (Phi) is 9.05. The van der Waals surface area contributed by atoms with Gasteiger partial charge in [0.05, 0.1) is 35.9 Å². The quantitative estimate of drug-likeness (QED) is 0.258. The van der Waals surface area contributed by atoms with Crippen molar-refractivity contribution in [3.8, 4) is 0 Å². The fraction of sp³-hybridized carbons (Fsp3) is 0.219. The predicted octanol–water partition coefficient (Wildman–Crippen LogP) is 4.11. The number of rotatable bonds is 2. The normalized spacial score (nSPS) is 12.8. The molecule has 49 heavy (non-hydrogen) atoms. The Labute approximate surface area is 280 Å². The van der Waals surface area contributed by atoms with Crippen LogP contribution < -0.4 is 22.0 Å². The summed E-state index contributed by atoms with van der Waals surface area (Å²) in [7, 11) is 1.70. The first-order valence-corrected chi connectivity index (χ1v) is 15.4. The smallest absolute Gasteiger partial charge is 0.348 e. The summed E-state index contributed by atoms with van der Waals surface area (Å²) in [5, 5.41) is 15.1. The van der Waals surface area contributed by atoms with Gasteiger partial charge in [-0.15, -0.1) is 0 Å². The highest BCUT2D eigenvalue weighted by molar-refractivity contribution is 6.34. The maximum atomic E-state index is 14.9. The largest absolute Gasteiger partial charge is 0.355 e. The van der Waals surface area contributed by atoms with E-state index in [9.17, 15) is 27.6 Å². The van der Waals surface area contributed by atoms with Gasteiger partial charge in [0.2, 0.25) is 5.95 Å². The molecule has 0 saturated heterocycles. The Morgan fingerprint density at radius 2 is 1.76 bits per heavy atom. The van der Waals surface area contributed by atoms with Gasteiger partial charge in [0.15, 0.2) is 11.6 Å². The molecule has 13 nitrogen and oxygen atoms in total. The second-order valence-electron chi connectivity index (χ2n) is 10.8. The van der Waals surface area contributed by atoms with Crippen LogP contribution >= 0.6 is 11.6 Å². The lowest BCUT2D eigenvalue weighted by atomic mass is 10.1. The topological polar surface area (TPSA) is 147 Å². The molecule has 0 unspecified atom stereocenters. The maximum absolute atomic E-state index is 14.9. The monoisotopic (exact) mass is 692 g/mol. The minimum absolute atomic E-state index is 0.0829. The van der Waals surface area contributed by atoms with Crippen molar-refractivity contribution in [2.75, 3.05) is 5.32 Å². The van der Waals surface area contributed by atoms with Gasteiger partial charge in [-0.25, -0.2) is 37.0 Å². The number of nitrogens with one attached hydrogen (secondary N) is 2. The molecule has 0 fully saturated rings. The van der Waals surface area contributed by atoms with Crippen molar-refractivity contribution in [2.45, 2.75) is 40.0 Å². The molecule has 6 aromatic rings. The third kappa shape index (κ3) is 6.41. The van der Waals surface area contributed by atoms with Crippen molar-refractivity contribution in [2.24, 2.45) is 7.05 Å². The van der Waals surface area contributed by atoms with Crippen molar-refractivity contribution in [1.29, 1.82) is 0 Å². The fourth-order valence-electron chi connectivity index (χ4n) is 5.44. The van der Waals surface area contributed by atoms with E-state index in [0.29, 0.717) is 39.7 Å². The molecule has 5 heterocycles. The number of nitrogens with zero attached hydrogens (tertiary/aromatic N) is 8. The first kappa shape index (κ1) is 33.1. The average molecular weight is 693 g/mol. The van der Waals surface area contributed by atoms with Crippen LogP contribution in [0.2, 0.25) is 5.02 Å². The molecule has 4 bridgehead atoms. The second-order valence-corrected chi connectivity index (χ2v) is 11.2. The van der Waals surface area contributed by atoms with Gasteiger partial charge in [-0.1, -0.05) is 37.6 Å². The van der Waals surface area contributed by atoms with Gasteiger partial charge >= 0.3 is 11.4 Å². The van der Waals surface area contributed by atoms with Crippen LogP contribution in [-0.2, 0) is 33.2 Å². The Balaban J connectivity index is 0.00000205. The van der Waals surface area contributed by atoms with E-state index >= 15 is 0 Å². The molecule has 3 aromatic carbocycles. The zero-order valence-corrected chi connectivity index (χ0v) is 27.1. The molecular formula is C32H28ClF3N10O3. The number of anilines is 2. The van der Waals surface area contributed by atoms with Crippen LogP contribution in [0, 0.1) is 17.5 Å². The molecule has 1 amide bonds. The third-order valence-corrected chi connectivity index (χ3v) is 8.03. The van der Waals surface area contributed by atoms with E-state index in [4.69, 9.17) is 11.6 Å². The van der Waals surface area contributed by atoms with Gasteiger partial charge in [0, 0.05) is 47.9 Å². The number of halogens is 4. The van der Waals surface area contributed by atoms with Gasteiger partial charge in [-0.05, 0) is 29.8 Å². The molecular weight excluding hydrogens is 665 g/mol. The van der Waals surface area contributed by atoms with Crippen molar-refractivity contribution < 1.29 is 18.0 Å². The number of aryl methyl sites for hydroxylation is 1. The number of hydrogen-bond acceptors (Lipinski definition) is 8. The number of hydrogen-bond donors (Lipinski definition) is 2. The average Bonchev–Trinajstić information content (AvgIpc) is 3.68. The lowest BCUT2D eigenvalue weighted by molar-refractivity contribution is 0.0951. The highest BCUT2D eigenvalue weighted by atomic mass is 35.5. The summed E-state index contributed by atoms with van der Waals surface area (Å²) in [4.78, 5) is 49.1. The Morgan fingerprint density at radius 1 is 0.980 bits per heavy atom. The lowest BCUT2D eigenvalue weighted by Gasteiger charge is -2.19. The first-order chi connectivity index (χ1) is 23.5. The van der Waals surface area contributed by atoms with Gasteiger partial charge in [-0.3, -0.25) is 14.0 Å². The number of fused-ring (bicyclic) bond motifs is 5. The SMILES string of the molecule is CC.Cn1cc2c3c(c(Cl)cc2n1)Nc1nc(=O)n(c(=O)n1Cc1cc(F)c(F)cc1F)Cc1ncnn1Cc1cccc(c1)C(=O)NC3. The summed E-state index contributed by atoms with van der Waals surface area (Å²) in [5.74, 6) is -4.46. The minimum atomic E-state index is -1.41. The standard InChI is InChI=1S/C30H22ClF3N10O3.C2H6/c1-41-12-19-18-9-35-27(45)16-4-2-3-15(5-16)10-44-25(36-14-37-44)13-43-29(46)39-28(38-26(18)20(31)7-24(19)40-41)42(30(43)47)11-17-6-22(33)23(34)8-21(17)32;1-2/h2-8,12,14H,9-11,13H2,1H3,(H,35,45)(H,38,39,46);1-2H3. The van der Waals surface area contributed by atoms with Gasteiger partial charge in [0.25, 0.3) is 5.91 Å². The highest BCUT2D eigenvalue weighted by Crippen LogP contribution is 2.35. The predicted molar refractivity (Wildman–Crippen MR) is 174 cm³/mol. The van der Waals surface area contributed by atoms with Crippen LogP contribution in [0.4, 0.5) is 24.8 Å². The summed E-state index contributed by atoms with van der Waals surface area (Å²) in [5.41, 5.74) is -0.218. The van der Waals surface area contributed by atoms with Crippen molar-refractivity contribution >= 4 is 40.0 Å². The minimum Gasteiger partial charge on any atom is -0.348 e. The number of amides is 1. The Hall–Kier alpha value is -5.77. The molecule has 2 aliphatic heterocycles. The van der Waals surface area contributed by atoms with Gasteiger partial charge in [0.1, 0.15) is 18.0 Å². The Bertz CT molecular complexity index is 2370. The molecule has 0 aliphatic carbocycles. The van der Waals surface area contributed by atoms with E-state index in [1.807, 2.05) is 13.8 Å². The zero-order chi connectivity index (χ0) is 35.0. The zero-order valence-electron chi connectivity index (χ0n) is 26.3. The van der Waals surface area contributed by atoms with Crippen LogP contribution in [0.5, 0.6) is 0 Å². The fourth-order valence-corrected chi connectivity index (χ4v) is 5.71. The maximum Gasteiger partial charge on any atom is 0.355 e. The molecule has 0 saturated carbocycles. The summed E-state index contributed by atoms with van der Waals surface area (Å²) in [6.07, 6.45) is 2.94. The molecule has 2 aliphatic rings. The molecule has 17 heteroatoms. The molecule has 0 radical (unpaired) electrons. The van der Waals surface area contributed by atoms with Crippen LogP contribution in [0.1, 0.15) is 46.7 Å². The van der Waals surface area contributed by atoms with E-state index in [-0.39, 0.29) is 42.1 Å². The molecule has 2 N–H and O–H groups in total. The van der Waals surface area contributed by atoms with E-state index in [1.54, 1.807) is 48.3 Å². The Morgan fingerprint density at radius 3 is 2.55 bits per heavy atom. The number of benzene rings is 3. The van der Waals surface area contributed by atoms with Crippen LogP contribution in [-0.4, -0.2) is 44.6 Å². The summed E-state index contributed by atoms with van der Waals surface area (Å²) >= 11 is 6.72. The van der Waals surface area contributed by atoms with Crippen LogP contribution in [0.15, 0.2) is 64.6 Å². The molecule has 8 rings (SSSR count). The van der Waals surface area contributed by atoms with Crippen molar-refractivity contribution in [3.63, 3.8) is 0 Å². The lowest BCUT2D eigenvalue weighted by Crippen LogP contribution is -2.43. The summed E-state index contributed by atoms with van der Waals surface area (Å²) in [6, 6.07) is 9.34. The third-order valence-electron chi connectivity index (χ3n) is 7.73. The summed E-state index contributed by atoms with van der Waals surface area (Å²) < 4.78 is 47.5. The molecule has 3 aromatic heterocycles. The van der Waals surface area contributed by atoms with Crippen LogP contribution in [0.3, 0.4) is 0 Å². The van der Waals surface area contributed by atoms with Crippen molar-refractivity contribution in [1.82, 2.24) is 44.0 Å². The highest BCUT2D eigenvalue weighted by Gasteiger charge is 2.23. The van der Waals surface area contributed by atoms with Crippen molar-refractivity contribution in [3.05, 3.63) is 127 Å². The molecule has 0 spiro atoms. The number of carbonyl (C=O) groups excluding carboxylic acids is 1. The van der Waals surface area contributed by atoms with Gasteiger partial charge in [-0.2, -0.15) is 15.2 Å². The first-order valence-electron chi connectivity index (χ1n) is 15.1.